The van der Waals surface area contributed by atoms with Crippen LogP contribution in [0.15, 0.2) is 0 Å². The van der Waals surface area contributed by atoms with Crippen LogP contribution in [-0.4, -0.2) is 52.0 Å². The standard InChI is InChI=1S/C15H24N2O4S/c1-14(2,3)21-11(18)5-4-8-17-12(19)15(16-13(17)20)6-9-22-10-7-15/h4-10H2,1-3H3,(H,16,20). The number of carbonyl (C=O) groups excluding carboxylic acids is 3. The van der Waals surface area contributed by atoms with Gasteiger partial charge < -0.3 is 10.1 Å². The van der Waals surface area contributed by atoms with Crippen LogP contribution in [-0.2, 0) is 14.3 Å². The van der Waals surface area contributed by atoms with E-state index in [1.165, 1.54) is 4.90 Å². The zero-order chi connectivity index (χ0) is 16.4. The van der Waals surface area contributed by atoms with Crippen molar-refractivity contribution in [2.24, 2.45) is 0 Å². The third-order valence-corrected chi connectivity index (χ3v) is 4.76. The number of amides is 3. The van der Waals surface area contributed by atoms with Gasteiger partial charge in [-0.15, -0.1) is 0 Å². The molecule has 0 bridgehead atoms. The topological polar surface area (TPSA) is 75.7 Å². The fourth-order valence-corrected chi connectivity index (χ4v) is 3.90. The molecule has 0 radical (unpaired) electrons. The van der Waals surface area contributed by atoms with E-state index < -0.39 is 11.1 Å². The van der Waals surface area contributed by atoms with Gasteiger partial charge in [0.25, 0.3) is 5.91 Å². The number of thioether (sulfide) groups is 1. The lowest BCUT2D eigenvalue weighted by Crippen LogP contribution is -2.49. The summed E-state index contributed by atoms with van der Waals surface area (Å²) in [6.07, 6.45) is 2.01. The van der Waals surface area contributed by atoms with Crippen LogP contribution in [0.5, 0.6) is 0 Å². The summed E-state index contributed by atoms with van der Waals surface area (Å²) < 4.78 is 5.22. The largest absolute Gasteiger partial charge is 0.460 e. The molecular formula is C15H24N2O4S. The van der Waals surface area contributed by atoms with Crippen LogP contribution < -0.4 is 5.32 Å². The number of carbonyl (C=O) groups is 3. The second-order valence-electron chi connectivity index (χ2n) is 6.77. The van der Waals surface area contributed by atoms with E-state index >= 15 is 0 Å². The second kappa shape index (κ2) is 6.48. The van der Waals surface area contributed by atoms with Crippen molar-refractivity contribution in [3.63, 3.8) is 0 Å². The number of nitrogens with one attached hydrogen (secondary N) is 1. The molecule has 0 saturated carbocycles. The summed E-state index contributed by atoms with van der Waals surface area (Å²) in [4.78, 5) is 37.5. The monoisotopic (exact) mass is 328 g/mol. The summed E-state index contributed by atoms with van der Waals surface area (Å²) in [7, 11) is 0. The van der Waals surface area contributed by atoms with Gasteiger partial charge >= 0.3 is 12.0 Å². The Morgan fingerprint density at radius 1 is 1.32 bits per heavy atom. The molecule has 1 N–H and O–H groups in total. The third kappa shape index (κ3) is 3.94. The van der Waals surface area contributed by atoms with Crippen LogP contribution in [0.2, 0.25) is 0 Å². The Hall–Kier alpha value is -1.24. The Balaban J connectivity index is 1.84. The van der Waals surface area contributed by atoms with Gasteiger partial charge in [-0.25, -0.2) is 4.79 Å². The zero-order valence-electron chi connectivity index (χ0n) is 13.4. The van der Waals surface area contributed by atoms with Gasteiger partial charge in [0, 0.05) is 13.0 Å². The van der Waals surface area contributed by atoms with Crippen molar-refractivity contribution >= 4 is 29.7 Å². The van der Waals surface area contributed by atoms with E-state index in [2.05, 4.69) is 5.32 Å². The van der Waals surface area contributed by atoms with Gasteiger partial charge in [-0.05, 0) is 51.5 Å². The van der Waals surface area contributed by atoms with Crippen LogP contribution in [0.3, 0.4) is 0 Å². The highest BCUT2D eigenvalue weighted by Gasteiger charge is 2.51. The quantitative estimate of drug-likeness (QED) is 0.630. The molecule has 124 valence electrons. The van der Waals surface area contributed by atoms with Crippen molar-refractivity contribution in [1.82, 2.24) is 10.2 Å². The van der Waals surface area contributed by atoms with Crippen LogP contribution in [0.1, 0.15) is 46.5 Å². The molecule has 0 atom stereocenters. The van der Waals surface area contributed by atoms with Crippen molar-refractivity contribution < 1.29 is 19.1 Å². The van der Waals surface area contributed by atoms with Gasteiger partial charge in [0.05, 0.1) is 0 Å². The maximum Gasteiger partial charge on any atom is 0.325 e. The maximum atomic E-state index is 12.5. The van der Waals surface area contributed by atoms with Crippen LogP contribution in [0.25, 0.3) is 0 Å². The SMILES string of the molecule is CC(C)(C)OC(=O)CCCN1C(=O)NC2(CCSCC2)C1=O. The Kier molecular flexibility index (Phi) is 5.04. The van der Waals surface area contributed by atoms with Crippen LogP contribution in [0, 0.1) is 0 Å². The van der Waals surface area contributed by atoms with E-state index in [9.17, 15) is 14.4 Å². The lowest BCUT2D eigenvalue weighted by molar-refractivity contribution is -0.155. The highest BCUT2D eigenvalue weighted by molar-refractivity contribution is 7.99. The number of urea groups is 1. The van der Waals surface area contributed by atoms with E-state index in [4.69, 9.17) is 4.74 Å². The van der Waals surface area contributed by atoms with E-state index in [0.29, 0.717) is 19.3 Å². The minimum Gasteiger partial charge on any atom is -0.460 e. The predicted octanol–water partition coefficient (Wildman–Crippen LogP) is 1.93. The summed E-state index contributed by atoms with van der Waals surface area (Å²) in [5.41, 5.74) is -1.21. The number of nitrogens with zero attached hydrogens (tertiary/aromatic N) is 1. The summed E-state index contributed by atoms with van der Waals surface area (Å²) in [6.45, 7) is 5.70. The van der Waals surface area contributed by atoms with E-state index in [1.54, 1.807) is 11.8 Å². The molecule has 0 aliphatic carbocycles. The normalized spacial score (nSPS) is 21.1. The molecule has 0 unspecified atom stereocenters. The molecular weight excluding hydrogens is 304 g/mol. The number of hydrogen-bond acceptors (Lipinski definition) is 5. The molecule has 2 fully saturated rings. The number of esters is 1. The first-order valence-electron chi connectivity index (χ1n) is 7.67. The fourth-order valence-electron chi connectivity index (χ4n) is 2.71. The Morgan fingerprint density at radius 2 is 1.95 bits per heavy atom. The van der Waals surface area contributed by atoms with Crippen LogP contribution >= 0.6 is 11.8 Å². The highest BCUT2D eigenvalue weighted by atomic mass is 32.2. The number of hydrogen-bond donors (Lipinski definition) is 1. The highest BCUT2D eigenvalue weighted by Crippen LogP contribution is 2.32. The molecule has 2 aliphatic rings. The van der Waals surface area contributed by atoms with E-state index in [-0.39, 0.29) is 30.9 Å². The summed E-state index contributed by atoms with van der Waals surface area (Å²) in [6, 6.07) is -0.332. The lowest BCUT2D eigenvalue weighted by Gasteiger charge is -2.30. The Labute approximate surface area is 135 Å². The molecule has 7 heteroatoms. The minimum atomic E-state index is -0.700. The third-order valence-electron chi connectivity index (χ3n) is 3.77. The van der Waals surface area contributed by atoms with Gasteiger partial charge in [0.15, 0.2) is 0 Å². The minimum absolute atomic E-state index is 0.137. The molecule has 0 aromatic carbocycles. The van der Waals surface area contributed by atoms with Crippen molar-refractivity contribution in [3.8, 4) is 0 Å². The fraction of sp³-hybridized carbons (Fsp3) is 0.800. The summed E-state index contributed by atoms with van der Waals surface area (Å²) >= 11 is 1.80. The first-order chi connectivity index (χ1) is 10.2. The van der Waals surface area contributed by atoms with Crippen molar-refractivity contribution in [2.75, 3.05) is 18.1 Å². The first-order valence-corrected chi connectivity index (χ1v) is 8.83. The molecule has 2 saturated heterocycles. The van der Waals surface area contributed by atoms with Crippen molar-refractivity contribution in [3.05, 3.63) is 0 Å². The van der Waals surface area contributed by atoms with Gasteiger partial charge in [0.1, 0.15) is 11.1 Å². The number of imide groups is 1. The average molecular weight is 328 g/mol. The molecule has 22 heavy (non-hydrogen) atoms. The molecule has 0 aromatic heterocycles. The number of rotatable bonds is 4. The van der Waals surface area contributed by atoms with Gasteiger partial charge in [-0.1, -0.05) is 0 Å². The van der Waals surface area contributed by atoms with Gasteiger partial charge in [-0.2, -0.15) is 11.8 Å². The van der Waals surface area contributed by atoms with E-state index in [0.717, 1.165) is 11.5 Å². The maximum absolute atomic E-state index is 12.5. The molecule has 2 rings (SSSR count). The van der Waals surface area contributed by atoms with E-state index in [1.807, 2.05) is 20.8 Å². The molecule has 3 amide bonds. The van der Waals surface area contributed by atoms with Crippen molar-refractivity contribution in [1.29, 1.82) is 0 Å². The van der Waals surface area contributed by atoms with Crippen molar-refractivity contribution in [2.45, 2.75) is 57.6 Å². The molecule has 2 heterocycles. The van der Waals surface area contributed by atoms with Crippen LogP contribution in [0.4, 0.5) is 4.79 Å². The average Bonchev–Trinajstić information content (AvgIpc) is 2.62. The summed E-state index contributed by atoms with van der Waals surface area (Å²) in [5, 5.41) is 2.85. The predicted molar refractivity (Wildman–Crippen MR) is 84.6 cm³/mol. The van der Waals surface area contributed by atoms with Gasteiger partial charge in [0.2, 0.25) is 0 Å². The molecule has 2 aliphatic heterocycles. The van der Waals surface area contributed by atoms with Gasteiger partial charge in [-0.3, -0.25) is 14.5 Å². The second-order valence-corrected chi connectivity index (χ2v) is 8.00. The number of ether oxygens (including phenoxy) is 1. The molecule has 1 spiro atoms. The smallest absolute Gasteiger partial charge is 0.325 e. The lowest BCUT2D eigenvalue weighted by atomic mass is 9.92. The molecule has 0 aromatic rings. The zero-order valence-corrected chi connectivity index (χ0v) is 14.3. The summed E-state index contributed by atoms with van der Waals surface area (Å²) in [5.74, 6) is 1.33. The Morgan fingerprint density at radius 3 is 2.55 bits per heavy atom. The Bertz CT molecular complexity index is 467. The molecule has 6 nitrogen and oxygen atoms in total. The first kappa shape index (κ1) is 17.1.